The molecule has 5 heteroatoms. The van der Waals surface area contributed by atoms with Gasteiger partial charge in [-0.05, 0) is 39.2 Å². The van der Waals surface area contributed by atoms with Gasteiger partial charge in [-0.2, -0.15) is 0 Å². The van der Waals surface area contributed by atoms with Gasteiger partial charge in [0, 0.05) is 31.2 Å². The molecule has 0 heterocycles. The molecule has 1 aromatic carbocycles. The first kappa shape index (κ1) is 23.2. The molecule has 2 unspecified atom stereocenters. The van der Waals surface area contributed by atoms with Crippen molar-refractivity contribution >= 4 is 29.9 Å². The van der Waals surface area contributed by atoms with Crippen molar-refractivity contribution in [2.45, 2.75) is 59.2 Å². The second-order valence-electron chi connectivity index (χ2n) is 7.26. The second kappa shape index (κ2) is 10.9. The summed E-state index contributed by atoms with van der Waals surface area (Å²) >= 11 is 0. The molecule has 0 aliphatic carbocycles. The van der Waals surface area contributed by atoms with E-state index in [1.165, 1.54) is 5.56 Å². The largest absolute Gasteiger partial charge is 0.355 e. The smallest absolute Gasteiger partial charge is 0.191 e. The van der Waals surface area contributed by atoms with Gasteiger partial charge in [0.2, 0.25) is 0 Å². The number of guanidine groups is 1. The Labute approximate surface area is 165 Å². The third kappa shape index (κ3) is 8.33. The quantitative estimate of drug-likeness (QED) is 0.338. The summed E-state index contributed by atoms with van der Waals surface area (Å²) in [5, 5.41) is 10.5. The molecule has 2 atom stereocenters. The van der Waals surface area contributed by atoms with Crippen LogP contribution in [-0.2, 0) is 0 Å². The average Bonchev–Trinajstić information content (AvgIpc) is 2.51. The summed E-state index contributed by atoms with van der Waals surface area (Å²) in [4.78, 5) is 4.32. The Morgan fingerprint density at radius 1 is 1.08 bits per heavy atom. The third-order valence-electron chi connectivity index (χ3n) is 4.19. The summed E-state index contributed by atoms with van der Waals surface area (Å²) in [7, 11) is 1.81. The summed E-state index contributed by atoms with van der Waals surface area (Å²) in [6, 6.07) is 11.2. The van der Waals surface area contributed by atoms with Crippen molar-refractivity contribution < 1.29 is 0 Å². The summed E-state index contributed by atoms with van der Waals surface area (Å²) in [5.74, 6) is 1.42. The van der Waals surface area contributed by atoms with E-state index in [4.69, 9.17) is 0 Å². The second-order valence-corrected chi connectivity index (χ2v) is 7.26. The molecular weight excluding hydrogens is 411 g/mol. The molecule has 138 valence electrons. The first-order chi connectivity index (χ1) is 10.7. The highest BCUT2D eigenvalue weighted by Gasteiger charge is 2.21. The van der Waals surface area contributed by atoms with Crippen LogP contribution in [0, 0.1) is 5.92 Å². The Morgan fingerprint density at radius 3 is 2.17 bits per heavy atom. The van der Waals surface area contributed by atoms with Crippen LogP contribution < -0.4 is 16.0 Å². The average molecular weight is 446 g/mol. The molecule has 0 radical (unpaired) electrons. The third-order valence-corrected chi connectivity index (χ3v) is 4.19. The molecule has 1 aromatic rings. The van der Waals surface area contributed by atoms with E-state index in [9.17, 15) is 0 Å². The molecule has 0 saturated carbocycles. The monoisotopic (exact) mass is 446 g/mol. The Morgan fingerprint density at radius 2 is 1.67 bits per heavy atom. The zero-order valence-electron chi connectivity index (χ0n) is 16.2. The van der Waals surface area contributed by atoms with E-state index in [1.807, 2.05) is 7.05 Å². The van der Waals surface area contributed by atoms with Gasteiger partial charge in [-0.25, -0.2) is 0 Å². The summed E-state index contributed by atoms with van der Waals surface area (Å²) in [6.45, 7) is 14.0. The van der Waals surface area contributed by atoms with Crippen LogP contribution >= 0.6 is 24.0 Å². The van der Waals surface area contributed by atoms with Crippen molar-refractivity contribution in [3.8, 4) is 0 Å². The van der Waals surface area contributed by atoms with E-state index in [0.29, 0.717) is 18.0 Å². The van der Waals surface area contributed by atoms with Crippen LogP contribution in [0.2, 0.25) is 0 Å². The van der Waals surface area contributed by atoms with Gasteiger partial charge in [0.25, 0.3) is 0 Å². The van der Waals surface area contributed by atoms with Crippen LogP contribution in [0.3, 0.4) is 0 Å². The Hall–Kier alpha value is -0.820. The zero-order valence-corrected chi connectivity index (χ0v) is 18.5. The molecule has 0 aliphatic rings. The predicted octanol–water partition coefficient (Wildman–Crippen LogP) is 3.94. The fourth-order valence-electron chi connectivity index (χ4n) is 2.34. The molecule has 0 fully saturated rings. The highest BCUT2D eigenvalue weighted by molar-refractivity contribution is 14.0. The standard InChI is InChI=1S/C19H34N4.HI/c1-14(2)15(3)22-18(20-7)21-13-19(5,6)23-16(4)17-11-9-8-10-12-17;/h8-12,14-16,23H,13H2,1-7H3,(H2,20,21,22);1H. The van der Waals surface area contributed by atoms with Gasteiger partial charge in [-0.15, -0.1) is 24.0 Å². The van der Waals surface area contributed by atoms with Crippen LogP contribution in [0.5, 0.6) is 0 Å². The van der Waals surface area contributed by atoms with Crippen molar-refractivity contribution in [3.05, 3.63) is 35.9 Å². The number of hydrogen-bond donors (Lipinski definition) is 3. The summed E-state index contributed by atoms with van der Waals surface area (Å²) in [5.41, 5.74) is 1.25. The maximum atomic E-state index is 4.32. The van der Waals surface area contributed by atoms with Gasteiger partial charge in [-0.3, -0.25) is 4.99 Å². The normalized spacial score (nSPS) is 14.8. The van der Waals surface area contributed by atoms with Crippen molar-refractivity contribution in [2.24, 2.45) is 10.9 Å². The number of rotatable bonds is 7. The Kier molecular flexibility index (Phi) is 10.6. The van der Waals surface area contributed by atoms with Gasteiger partial charge in [0.1, 0.15) is 0 Å². The lowest BCUT2D eigenvalue weighted by atomic mass is 10.0. The summed E-state index contributed by atoms with van der Waals surface area (Å²) in [6.07, 6.45) is 0. The van der Waals surface area contributed by atoms with Crippen molar-refractivity contribution in [1.82, 2.24) is 16.0 Å². The van der Waals surface area contributed by atoms with E-state index >= 15 is 0 Å². The predicted molar refractivity (Wildman–Crippen MR) is 116 cm³/mol. The van der Waals surface area contributed by atoms with E-state index in [-0.39, 0.29) is 29.5 Å². The molecule has 0 aromatic heterocycles. The lowest BCUT2D eigenvalue weighted by Crippen LogP contribution is -2.53. The first-order valence-corrected chi connectivity index (χ1v) is 8.55. The lowest BCUT2D eigenvalue weighted by molar-refractivity contribution is 0.343. The van der Waals surface area contributed by atoms with Gasteiger partial charge < -0.3 is 16.0 Å². The number of halogens is 1. The van der Waals surface area contributed by atoms with E-state index < -0.39 is 0 Å². The zero-order chi connectivity index (χ0) is 17.5. The minimum atomic E-state index is -0.0477. The highest BCUT2D eigenvalue weighted by atomic mass is 127. The van der Waals surface area contributed by atoms with Crippen molar-refractivity contribution in [1.29, 1.82) is 0 Å². The fourth-order valence-corrected chi connectivity index (χ4v) is 2.34. The fraction of sp³-hybridized carbons (Fsp3) is 0.632. The van der Waals surface area contributed by atoms with Gasteiger partial charge in [0.15, 0.2) is 5.96 Å². The maximum Gasteiger partial charge on any atom is 0.191 e. The number of aliphatic imine (C=N–C) groups is 1. The van der Waals surface area contributed by atoms with Crippen molar-refractivity contribution in [3.63, 3.8) is 0 Å². The van der Waals surface area contributed by atoms with E-state index in [2.05, 4.69) is 92.8 Å². The van der Waals surface area contributed by atoms with Crippen LogP contribution in [0.15, 0.2) is 35.3 Å². The van der Waals surface area contributed by atoms with Gasteiger partial charge >= 0.3 is 0 Å². The van der Waals surface area contributed by atoms with Gasteiger partial charge in [-0.1, -0.05) is 44.2 Å². The first-order valence-electron chi connectivity index (χ1n) is 8.55. The minimum absolute atomic E-state index is 0. The molecule has 0 spiro atoms. The topological polar surface area (TPSA) is 48.5 Å². The summed E-state index contributed by atoms with van der Waals surface area (Å²) < 4.78 is 0. The molecule has 4 nitrogen and oxygen atoms in total. The SMILES string of the molecule is CN=C(NCC(C)(C)NC(C)c1ccccc1)NC(C)C(C)C.I. The van der Waals surface area contributed by atoms with Crippen LogP contribution in [-0.4, -0.2) is 31.1 Å². The molecule has 24 heavy (non-hydrogen) atoms. The van der Waals surface area contributed by atoms with Gasteiger partial charge in [0.05, 0.1) is 0 Å². The molecule has 0 amide bonds. The molecular formula is C19H35IN4. The molecule has 3 N–H and O–H groups in total. The number of hydrogen-bond acceptors (Lipinski definition) is 2. The van der Waals surface area contributed by atoms with Crippen LogP contribution in [0.4, 0.5) is 0 Å². The molecule has 1 rings (SSSR count). The number of benzene rings is 1. The molecule has 0 aliphatic heterocycles. The highest BCUT2D eigenvalue weighted by Crippen LogP contribution is 2.15. The van der Waals surface area contributed by atoms with Crippen LogP contribution in [0.25, 0.3) is 0 Å². The number of nitrogens with one attached hydrogen (secondary N) is 3. The Balaban J connectivity index is 0.00000529. The number of nitrogens with zero attached hydrogens (tertiary/aromatic N) is 1. The molecule has 0 saturated heterocycles. The van der Waals surface area contributed by atoms with E-state index in [1.54, 1.807) is 0 Å². The Bertz CT molecular complexity index is 485. The maximum absolute atomic E-state index is 4.32. The van der Waals surface area contributed by atoms with E-state index in [0.717, 1.165) is 12.5 Å². The van der Waals surface area contributed by atoms with Crippen molar-refractivity contribution in [2.75, 3.05) is 13.6 Å². The molecule has 0 bridgehead atoms. The lowest BCUT2D eigenvalue weighted by Gasteiger charge is -2.32. The minimum Gasteiger partial charge on any atom is -0.355 e. The van der Waals surface area contributed by atoms with Crippen LogP contribution in [0.1, 0.15) is 53.1 Å².